The van der Waals surface area contributed by atoms with Gasteiger partial charge in [-0.25, -0.2) is 9.93 Å². The van der Waals surface area contributed by atoms with E-state index in [-0.39, 0.29) is 25.2 Å². The monoisotopic (exact) mass is 395 g/mol. The number of nitrogens with one attached hydrogen (secondary N) is 1. The summed E-state index contributed by atoms with van der Waals surface area (Å²) in [5, 5.41) is 8.20. The summed E-state index contributed by atoms with van der Waals surface area (Å²) in [6.45, 7) is 3.80. The maximum Gasteiger partial charge on any atom is 0.317 e. The first-order valence-corrected chi connectivity index (χ1v) is 11.0. The van der Waals surface area contributed by atoms with Crippen molar-refractivity contribution in [1.29, 1.82) is 0 Å². The highest BCUT2D eigenvalue weighted by molar-refractivity contribution is 7.86. The van der Waals surface area contributed by atoms with Crippen LogP contribution in [0.15, 0.2) is 30.3 Å². The van der Waals surface area contributed by atoms with Gasteiger partial charge in [-0.3, -0.25) is 4.90 Å². The van der Waals surface area contributed by atoms with Crippen LogP contribution in [0.1, 0.15) is 30.9 Å². The molecule has 3 rings (SSSR count). The summed E-state index contributed by atoms with van der Waals surface area (Å²) in [6.07, 6.45) is 3.64. The SMILES string of the molecule is NS(=O)(=O)N1CCN(C(=O)NC[C@H](c2ccccc2)N2CCCCC2)CC1. The number of nitrogens with two attached hydrogens (primary N) is 1. The predicted molar refractivity (Wildman–Crippen MR) is 104 cm³/mol. The zero-order valence-electron chi connectivity index (χ0n) is 15.6. The number of rotatable bonds is 5. The van der Waals surface area contributed by atoms with Gasteiger partial charge in [0.1, 0.15) is 0 Å². The van der Waals surface area contributed by atoms with Crippen molar-refractivity contribution >= 4 is 16.2 Å². The minimum Gasteiger partial charge on any atom is -0.336 e. The third kappa shape index (κ3) is 5.41. The van der Waals surface area contributed by atoms with Gasteiger partial charge in [-0.1, -0.05) is 36.8 Å². The first-order chi connectivity index (χ1) is 12.9. The van der Waals surface area contributed by atoms with Crippen LogP contribution in [-0.2, 0) is 10.2 Å². The van der Waals surface area contributed by atoms with Gasteiger partial charge in [0.2, 0.25) is 0 Å². The number of nitrogens with zero attached hydrogens (tertiary/aromatic N) is 3. The topological polar surface area (TPSA) is 99.0 Å². The first-order valence-electron chi connectivity index (χ1n) is 9.55. The predicted octanol–water partition coefficient (Wildman–Crippen LogP) is 0.744. The highest BCUT2D eigenvalue weighted by atomic mass is 32.2. The van der Waals surface area contributed by atoms with E-state index in [1.807, 2.05) is 18.2 Å². The fraction of sp³-hybridized carbons (Fsp3) is 0.611. The number of carbonyl (C=O) groups excluding carboxylic acids is 1. The standard InChI is InChI=1S/C18H29N5O3S/c19-27(25,26)23-13-11-22(12-14-23)18(24)20-15-17(16-7-3-1-4-8-16)21-9-5-2-6-10-21/h1,3-4,7-8,17H,2,5-6,9-15H2,(H,20,24)(H2,19,25,26)/t17-/m1/s1. The molecule has 0 aliphatic carbocycles. The maximum atomic E-state index is 12.6. The molecule has 2 fully saturated rings. The Hall–Kier alpha value is -1.68. The summed E-state index contributed by atoms with van der Waals surface area (Å²) in [5.74, 6) is 0. The lowest BCUT2D eigenvalue weighted by molar-refractivity contribution is 0.148. The smallest absolute Gasteiger partial charge is 0.317 e. The molecule has 0 saturated carbocycles. The van der Waals surface area contributed by atoms with Crippen molar-refractivity contribution in [3.05, 3.63) is 35.9 Å². The molecule has 2 heterocycles. The molecule has 0 spiro atoms. The van der Waals surface area contributed by atoms with E-state index in [9.17, 15) is 13.2 Å². The molecule has 0 radical (unpaired) electrons. The van der Waals surface area contributed by atoms with Gasteiger partial charge in [-0.05, 0) is 31.5 Å². The van der Waals surface area contributed by atoms with Crippen LogP contribution >= 0.6 is 0 Å². The lowest BCUT2D eigenvalue weighted by Gasteiger charge is -2.36. The Morgan fingerprint density at radius 1 is 1.00 bits per heavy atom. The minimum absolute atomic E-state index is 0.151. The van der Waals surface area contributed by atoms with Crippen LogP contribution < -0.4 is 10.5 Å². The third-order valence-electron chi connectivity index (χ3n) is 5.35. The Morgan fingerprint density at radius 2 is 1.63 bits per heavy atom. The van der Waals surface area contributed by atoms with Crippen LogP contribution in [0.3, 0.4) is 0 Å². The average Bonchev–Trinajstić information content (AvgIpc) is 2.69. The molecule has 0 unspecified atom stereocenters. The number of amides is 2. The number of piperazine rings is 1. The van der Waals surface area contributed by atoms with E-state index in [1.165, 1.54) is 29.1 Å². The quantitative estimate of drug-likeness (QED) is 0.768. The lowest BCUT2D eigenvalue weighted by Crippen LogP contribution is -2.55. The van der Waals surface area contributed by atoms with Crippen molar-refractivity contribution in [2.24, 2.45) is 5.14 Å². The van der Waals surface area contributed by atoms with Crippen LogP contribution in [0.4, 0.5) is 4.79 Å². The highest BCUT2D eigenvalue weighted by Crippen LogP contribution is 2.24. The average molecular weight is 396 g/mol. The molecule has 3 N–H and O–H groups in total. The molecule has 8 nitrogen and oxygen atoms in total. The molecule has 27 heavy (non-hydrogen) atoms. The van der Waals surface area contributed by atoms with Crippen molar-refractivity contribution < 1.29 is 13.2 Å². The summed E-state index contributed by atoms with van der Waals surface area (Å²) in [7, 11) is -3.68. The number of urea groups is 1. The van der Waals surface area contributed by atoms with Crippen LogP contribution in [0.2, 0.25) is 0 Å². The van der Waals surface area contributed by atoms with Crippen LogP contribution in [-0.4, -0.2) is 74.4 Å². The van der Waals surface area contributed by atoms with Crippen molar-refractivity contribution in [2.45, 2.75) is 25.3 Å². The summed E-state index contributed by atoms with van der Waals surface area (Å²) < 4.78 is 24.0. The third-order valence-corrected chi connectivity index (χ3v) is 6.43. The van der Waals surface area contributed by atoms with Gasteiger partial charge in [-0.2, -0.15) is 12.7 Å². The molecule has 2 aliphatic heterocycles. The van der Waals surface area contributed by atoms with Crippen molar-refractivity contribution in [3.63, 3.8) is 0 Å². The van der Waals surface area contributed by atoms with Gasteiger partial charge in [0.15, 0.2) is 0 Å². The number of likely N-dealkylation sites (tertiary alicyclic amines) is 1. The van der Waals surface area contributed by atoms with E-state index in [4.69, 9.17) is 5.14 Å². The summed E-state index contributed by atoms with van der Waals surface area (Å²) in [6, 6.07) is 10.3. The maximum absolute atomic E-state index is 12.6. The van der Waals surface area contributed by atoms with Gasteiger partial charge < -0.3 is 10.2 Å². The Labute approximate surface area is 161 Å². The first kappa shape index (κ1) is 20.1. The fourth-order valence-electron chi connectivity index (χ4n) is 3.80. The van der Waals surface area contributed by atoms with Gasteiger partial charge in [0.25, 0.3) is 10.2 Å². The molecular weight excluding hydrogens is 366 g/mol. The summed E-state index contributed by atoms with van der Waals surface area (Å²) >= 11 is 0. The highest BCUT2D eigenvalue weighted by Gasteiger charge is 2.28. The van der Waals surface area contributed by atoms with Crippen molar-refractivity contribution in [2.75, 3.05) is 45.8 Å². The number of piperidine rings is 1. The second-order valence-electron chi connectivity index (χ2n) is 7.14. The van der Waals surface area contributed by atoms with Gasteiger partial charge >= 0.3 is 6.03 Å². The molecule has 2 saturated heterocycles. The van der Waals surface area contributed by atoms with E-state index in [0.717, 1.165) is 13.1 Å². The molecule has 1 aromatic rings. The molecule has 1 aromatic carbocycles. The molecule has 150 valence electrons. The van der Waals surface area contributed by atoms with E-state index in [2.05, 4.69) is 22.3 Å². The van der Waals surface area contributed by atoms with Gasteiger partial charge in [0, 0.05) is 32.7 Å². The number of hydrogen-bond donors (Lipinski definition) is 2. The zero-order valence-corrected chi connectivity index (χ0v) is 16.4. The number of carbonyl (C=O) groups is 1. The van der Waals surface area contributed by atoms with Crippen LogP contribution in [0.5, 0.6) is 0 Å². The lowest BCUT2D eigenvalue weighted by atomic mass is 10.0. The largest absolute Gasteiger partial charge is 0.336 e. The molecule has 0 bridgehead atoms. The Morgan fingerprint density at radius 3 is 2.22 bits per heavy atom. The van der Waals surface area contributed by atoms with Crippen molar-refractivity contribution in [1.82, 2.24) is 19.4 Å². The molecule has 0 aromatic heterocycles. The van der Waals surface area contributed by atoms with Gasteiger partial charge in [-0.15, -0.1) is 0 Å². The van der Waals surface area contributed by atoms with E-state index in [1.54, 1.807) is 4.90 Å². The second-order valence-corrected chi connectivity index (χ2v) is 8.69. The molecule has 1 atom stereocenters. The van der Waals surface area contributed by atoms with E-state index in [0.29, 0.717) is 19.6 Å². The fourth-order valence-corrected chi connectivity index (χ4v) is 4.48. The Bertz CT molecular complexity index is 714. The Kier molecular flexibility index (Phi) is 6.69. The number of hydrogen-bond acceptors (Lipinski definition) is 4. The molecule has 2 aliphatic rings. The molecule has 9 heteroatoms. The summed E-state index contributed by atoms with van der Waals surface area (Å²) in [4.78, 5) is 16.7. The summed E-state index contributed by atoms with van der Waals surface area (Å²) in [5.41, 5.74) is 1.21. The minimum atomic E-state index is -3.68. The van der Waals surface area contributed by atoms with Gasteiger partial charge in [0.05, 0.1) is 6.04 Å². The molecule has 2 amide bonds. The van der Waals surface area contributed by atoms with Crippen LogP contribution in [0.25, 0.3) is 0 Å². The van der Waals surface area contributed by atoms with E-state index >= 15 is 0 Å². The second kappa shape index (κ2) is 9.01. The zero-order chi connectivity index (χ0) is 19.3. The normalized spacial score (nSPS) is 21.0. The van der Waals surface area contributed by atoms with Crippen molar-refractivity contribution in [3.8, 4) is 0 Å². The number of benzene rings is 1. The van der Waals surface area contributed by atoms with Crippen LogP contribution in [0, 0.1) is 0 Å². The Balaban J connectivity index is 1.58. The van der Waals surface area contributed by atoms with E-state index < -0.39 is 10.2 Å². The molecular formula is C18H29N5O3S.